The molecule has 0 saturated carbocycles. The van der Waals surface area contributed by atoms with Crippen LogP contribution in [0.5, 0.6) is 5.75 Å². The van der Waals surface area contributed by atoms with Gasteiger partial charge in [-0.3, -0.25) is 4.79 Å². The number of carbonyl (C=O) groups excluding carboxylic acids is 2. The summed E-state index contributed by atoms with van der Waals surface area (Å²) in [7, 11) is 0. The average molecular weight is 573 g/mol. The monoisotopic (exact) mass is 572 g/mol. The number of esters is 1. The molecule has 3 aromatic rings. The quantitative estimate of drug-likeness (QED) is 0.137. The van der Waals surface area contributed by atoms with Crippen LogP contribution < -0.4 is 10.1 Å². The maximum atomic E-state index is 12.6. The van der Waals surface area contributed by atoms with Crippen molar-refractivity contribution in [1.29, 1.82) is 5.26 Å². The maximum Gasteiger partial charge on any atom is 0.343 e. The fourth-order valence-electron chi connectivity index (χ4n) is 2.53. The van der Waals surface area contributed by atoms with Gasteiger partial charge in [-0.15, -0.1) is 0 Å². The predicted octanol–water partition coefficient (Wildman–Crippen LogP) is 5.82. The normalized spacial score (nSPS) is 10.8. The first kappa shape index (κ1) is 21.7. The number of nitrogens with one attached hydrogen (secondary N) is 1. The minimum atomic E-state index is -0.556. The third-order valence-corrected chi connectivity index (χ3v) is 5.10. The molecule has 5 nitrogen and oxygen atoms in total. The van der Waals surface area contributed by atoms with Crippen LogP contribution in [0.4, 0.5) is 5.69 Å². The van der Waals surface area contributed by atoms with E-state index >= 15 is 0 Å². The summed E-state index contributed by atoms with van der Waals surface area (Å²) in [5.74, 6) is -0.851. The molecule has 0 fully saturated rings. The van der Waals surface area contributed by atoms with Gasteiger partial charge < -0.3 is 10.1 Å². The van der Waals surface area contributed by atoms with E-state index in [1.54, 1.807) is 60.7 Å². The molecule has 0 saturated heterocycles. The number of rotatable bonds is 5. The molecule has 0 aliphatic carbocycles. The molecule has 30 heavy (non-hydrogen) atoms. The number of halogens is 2. The molecule has 0 atom stereocenters. The zero-order valence-electron chi connectivity index (χ0n) is 15.4. The van der Waals surface area contributed by atoms with Crippen molar-refractivity contribution in [2.45, 2.75) is 0 Å². The number of nitriles is 1. The van der Waals surface area contributed by atoms with Gasteiger partial charge in [0.15, 0.2) is 0 Å². The summed E-state index contributed by atoms with van der Waals surface area (Å²) in [6, 6.07) is 22.7. The van der Waals surface area contributed by atoms with E-state index in [-0.39, 0.29) is 11.3 Å². The Hall–Kier alpha value is -2.96. The van der Waals surface area contributed by atoms with Crippen LogP contribution in [0.1, 0.15) is 15.9 Å². The first-order chi connectivity index (χ1) is 14.5. The standard InChI is InChI=1S/C23H14BrIN2O3/c24-18-9-10-21(30-23(29)15-5-2-1-3-6-15)16(12-18)11-17(14-26)22(28)27-20-8-4-7-19(25)13-20/h1-13H,(H,27,28)/b17-11+. The third kappa shape index (κ3) is 5.78. The first-order valence-electron chi connectivity index (χ1n) is 8.72. The van der Waals surface area contributed by atoms with Crippen LogP contribution >= 0.6 is 38.5 Å². The van der Waals surface area contributed by atoms with Crippen molar-refractivity contribution in [3.05, 3.63) is 97.5 Å². The lowest BCUT2D eigenvalue weighted by molar-refractivity contribution is -0.112. The molecule has 0 aliphatic heterocycles. The highest BCUT2D eigenvalue weighted by Gasteiger charge is 2.15. The van der Waals surface area contributed by atoms with E-state index in [0.29, 0.717) is 21.3 Å². The molecule has 148 valence electrons. The molecule has 1 N–H and O–H groups in total. The largest absolute Gasteiger partial charge is 0.422 e. The van der Waals surface area contributed by atoms with E-state index in [9.17, 15) is 14.9 Å². The molecule has 0 bridgehead atoms. The van der Waals surface area contributed by atoms with Crippen molar-refractivity contribution in [3.63, 3.8) is 0 Å². The van der Waals surface area contributed by atoms with Crippen molar-refractivity contribution in [3.8, 4) is 11.8 Å². The van der Waals surface area contributed by atoms with Gasteiger partial charge in [0.1, 0.15) is 17.4 Å². The summed E-state index contributed by atoms with van der Waals surface area (Å²) in [5.41, 5.74) is 1.28. The molecule has 7 heteroatoms. The highest BCUT2D eigenvalue weighted by Crippen LogP contribution is 2.27. The van der Waals surface area contributed by atoms with Gasteiger partial charge in [-0.25, -0.2) is 4.79 Å². The number of ether oxygens (including phenoxy) is 1. The van der Waals surface area contributed by atoms with Crippen LogP contribution in [0, 0.1) is 14.9 Å². The predicted molar refractivity (Wildman–Crippen MR) is 127 cm³/mol. The van der Waals surface area contributed by atoms with Crippen LogP contribution in [0.3, 0.4) is 0 Å². The second-order valence-corrected chi connectivity index (χ2v) is 8.23. The number of anilines is 1. The van der Waals surface area contributed by atoms with Gasteiger partial charge >= 0.3 is 5.97 Å². The SMILES string of the molecule is N#C/C(=C\c1cc(Br)ccc1OC(=O)c1ccccc1)C(=O)Nc1cccc(I)c1. The molecule has 0 heterocycles. The van der Waals surface area contributed by atoms with Crippen molar-refractivity contribution in [1.82, 2.24) is 0 Å². The lowest BCUT2D eigenvalue weighted by Crippen LogP contribution is -2.14. The summed E-state index contributed by atoms with van der Waals surface area (Å²) in [4.78, 5) is 25.0. The number of amides is 1. The molecule has 0 aliphatic rings. The van der Waals surface area contributed by atoms with E-state index in [1.165, 1.54) is 6.08 Å². The fourth-order valence-corrected chi connectivity index (χ4v) is 3.45. The fraction of sp³-hybridized carbons (Fsp3) is 0. The number of benzene rings is 3. The highest BCUT2D eigenvalue weighted by molar-refractivity contribution is 14.1. The van der Waals surface area contributed by atoms with E-state index in [0.717, 1.165) is 3.57 Å². The summed E-state index contributed by atoms with van der Waals surface area (Å²) >= 11 is 5.50. The van der Waals surface area contributed by atoms with Gasteiger partial charge in [-0.05, 0) is 77.2 Å². The summed E-state index contributed by atoms with van der Waals surface area (Å²) in [6.45, 7) is 0. The van der Waals surface area contributed by atoms with Gasteiger partial charge in [-0.1, -0.05) is 40.2 Å². The second-order valence-electron chi connectivity index (χ2n) is 6.07. The Morgan fingerprint density at radius 3 is 2.50 bits per heavy atom. The molecule has 3 rings (SSSR count). The van der Waals surface area contributed by atoms with E-state index in [1.807, 2.05) is 18.2 Å². The van der Waals surface area contributed by atoms with Crippen molar-refractivity contribution < 1.29 is 14.3 Å². The molecule has 0 unspecified atom stereocenters. The number of nitrogens with zero attached hydrogens (tertiary/aromatic N) is 1. The van der Waals surface area contributed by atoms with E-state index in [4.69, 9.17) is 4.74 Å². The number of carbonyl (C=O) groups is 2. The summed E-state index contributed by atoms with van der Waals surface area (Å²) in [6.07, 6.45) is 1.39. The smallest absolute Gasteiger partial charge is 0.343 e. The van der Waals surface area contributed by atoms with Gasteiger partial charge in [-0.2, -0.15) is 5.26 Å². The molecular formula is C23H14BrIN2O3. The third-order valence-electron chi connectivity index (χ3n) is 3.93. The minimum absolute atomic E-state index is 0.121. The molecule has 0 spiro atoms. The summed E-state index contributed by atoms with van der Waals surface area (Å²) in [5, 5.41) is 12.2. The van der Waals surface area contributed by atoms with Gasteiger partial charge in [0.05, 0.1) is 5.56 Å². The van der Waals surface area contributed by atoms with Gasteiger partial charge in [0.25, 0.3) is 5.91 Å². The lowest BCUT2D eigenvalue weighted by atomic mass is 10.1. The second kappa shape index (κ2) is 10.2. The van der Waals surface area contributed by atoms with E-state index < -0.39 is 11.9 Å². The van der Waals surface area contributed by atoms with Crippen LogP contribution in [0.25, 0.3) is 6.08 Å². The number of hydrogen-bond donors (Lipinski definition) is 1. The Morgan fingerprint density at radius 1 is 1.03 bits per heavy atom. The molecule has 3 aromatic carbocycles. The Labute approximate surface area is 195 Å². The molecule has 1 amide bonds. The Morgan fingerprint density at radius 2 is 1.80 bits per heavy atom. The van der Waals surface area contributed by atoms with Crippen LogP contribution in [-0.2, 0) is 4.79 Å². The zero-order valence-corrected chi connectivity index (χ0v) is 19.2. The van der Waals surface area contributed by atoms with Crippen molar-refractivity contribution >= 4 is 62.2 Å². The number of hydrogen-bond acceptors (Lipinski definition) is 4. The Balaban J connectivity index is 1.88. The van der Waals surface area contributed by atoms with Crippen molar-refractivity contribution in [2.24, 2.45) is 0 Å². The molecule has 0 aromatic heterocycles. The van der Waals surface area contributed by atoms with Gasteiger partial charge in [0, 0.05) is 19.3 Å². The zero-order chi connectivity index (χ0) is 21.5. The lowest BCUT2D eigenvalue weighted by Gasteiger charge is -2.09. The van der Waals surface area contributed by atoms with Crippen LogP contribution in [0.2, 0.25) is 0 Å². The molecular weight excluding hydrogens is 559 g/mol. The Kier molecular flexibility index (Phi) is 7.38. The average Bonchev–Trinajstić information content (AvgIpc) is 2.74. The highest BCUT2D eigenvalue weighted by atomic mass is 127. The van der Waals surface area contributed by atoms with Crippen LogP contribution in [0.15, 0.2) is 82.8 Å². The molecule has 0 radical (unpaired) electrons. The van der Waals surface area contributed by atoms with Gasteiger partial charge in [0.2, 0.25) is 0 Å². The first-order valence-corrected chi connectivity index (χ1v) is 10.6. The Bertz CT molecular complexity index is 1170. The van der Waals surface area contributed by atoms with Crippen molar-refractivity contribution in [2.75, 3.05) is 5.32 Å². The van der Waals surface area contributed by atoms with Crippen LogP contribution in [-0.4, -0.2) is 11.9 Å². The van der Waals surface area contributed by atoms with E-state index in [2.05, 4.69) is 43.8 Å². The topological polar surface area (TPSA) is 79.2 Å². The minimum Gasteiger partial charge on any atom is -0.422 e. The maximum absolute atomic E-state index is 12.6. The summed E-state index contributed by atoms with van der Waals surface area (Å²) < 4.78 is 7.16.